The van der Waals surface area contributed by atoms with Crippen LogP contribution in [0.15, 0.2) is 24.3 Å². The SMILES string of the molecule is CCC1CNNC1C1CCCN(Cc2ccccc2O)C1. The standard InChI is InChI=1S/C17H27N3O/c1-2-13-10-18-19-17(13)15-7-5-9-20(12-15)11-14-6-3-4-8-16(14)21/h3-4,6,8,13,15,17-19,21H,2,5,7,9-12H2,1H3. The zero-order valence-electron chi connectivity index (χ0n) is 12.9. The highest BCUT2D eigenvalue weighted by atomic mass is 16.3. The van der Waals surface area contributed by atoms with Gasteiger partial charge in [0.2, 0.25) is 0 Å². The van der Waals surface area contributed by atoms with Gasteiger partial charge in [0.1, 0.15) is 5.75 Å². The quantitative estimate of drug-likeness (QED) is 0.794. The molecule has 2 aliphatic rings. The van der Waals surface area contributed by atoms with E-state index in [0.29, 0.717) is 17.7 Å². The lowest BCUT2D eigenvalue weighted by atomic mass is 9.83. The van der Waals surface area contributed by atoms with Crippen LogP contribution in [0.3, 0.4) is 0 Å². The Morgan fingerprint density at radius 1 is 1.33 bits per heavy atom. The van der Waals surface area contributed by atoms with Crippen molar-refractivity contribution in [1.29, 1.82) is 0 Å². The number of hydrazine groups is 1. The molecule has 0 aliphatic carbocycles. The second kappa shape index (κ2) is 6.77. The van der Waals surface area contributed by atoms with Crippen molar-refractivity contribution in [3.8, 4) is 5.75 Å². The predicted octanol–water partition coefficient (Wildman–Crippen LogP) is 2.11. The molecule has 3 atom stereocenters. The molecule has 116 valence electrons. The summed E-state index contributed by atoms with van der Waals surface area (Å²) in [5.74, 6) is 1.89. The molecule has 3 rings (SSSR count). The average molecular weight is 289 g/mol. The first-order chi connectivity index (χ1) is 10.3. The first-order valence-corrected chi connectivity index (χ1v) is 8.25. The van der Waals surface area contributed by atoms with Crippen molar-refractivity contribution in [2.75, 3.05) is 19.6 Å². The van der Waals surface area contributed by atoms with Gasteiger partial charge in [-0.15, -0.1) is 0 Å². The number of nitrogens with zero attached hydrogens (tertiary/aromatic N) is 1. The van der Waals surface area contributed by atoms with Crippen LogP contribution < -0.4 is 10.9 Å². The third kappa shape index (κ3) is 3.39. The summed E-state index contributed by atoms with van der Waals surface area (Å²) >= 11 is 0. The molecule has 0 aromatic heterocycles. The van der Waals surface area contributed by atoms with E-state index in [2.05, 4.69) is 22.7 Å². The summed E-state index contributed by atoms with van der Waals surface area (Å²) in [7, 11) is 0. The van der Waals surface area contributed by atoms with E-state index in [0.717, 1.165) is 37.7 Å². The third-order valence-corrected chi connectivity index (χ3v) is 5.10. The maximum Gasteiger partial charge on any atom is 0.120 e. The van der Waals surface area contributed by atoms with Crippen LogP contribution in [0.2, 0.25) is 0 Å². The molecule has 21 heavy (non-hydrogen) atoms. The van der Waals surface area contributed by atoms with E-state index in [-0.39, 0.29) is 0 Å². The zero-order chi connectivity index (χ0) is 14.7. The summed E-state index contributed by atoms with van der Waals surface area (Å²) in [6.45, 7) is 6.51. The number of rotatable bonds is 4. The fourth-order valence-corrected chi connectivity index (χ4v) is 3.87. The van der Waals surface area contributed by atoms with E-state index in [9.17, 15) is 5.11 Å². The number of phenols is 1. The van der Waals surface area contributed by atoms with E-state index < -0.39 is 0 Å². The molecule has 1 aromatic carbocycles. The zero-order valence-corrected chi connectivity index (χ0v) is 12.9. The largest absolute Gasteiger partial charge is 0.508 e. The highest BCUT2D eigenvalue weighted by molar-refractivity contribution is 5.31. The topological polar surface area (TPSA) is 47.5 Å². The molecule has 3 N–H and O–H groups in total. The number of hydrogen-bond acceptors (Lipinski definition) is 4. The van der Waals surface area contributed by atoms with Crippen LogP contribution in [0.4, 0.5) is 0 Å². The Morgan fingerprint density at radius 3 is 3.00 bits per heavy atom. The van der Waals surface area contributed by atoms with Gasteiger partial charge in [-0.2, -0.15) is 0 Å². The molecule has 0 bridgehead atoms. The van der Waals surface area contributed by atoms with Crippen LogP contribution in [0.1, 0.15) is 31.7 Å². The van der Waals surface area contributed by atoms with Crippen molar-refractivity contribution in [3.05, 3.63) is 29.8 Å². The molecule has 0 spiro atoms. The average Bonchev–Trinajstić information content (AvgIpc) is 2.98. The van der Waals surface area contributed by atoms with Crippen molar-refractivity contribution in [2.24, 2.45) is 11.8 Å². The van der Waals surface area contributed by atoms with E-state index in [1.807, 2.05) is 18.2 Å². The summed E-state index contributed by atoms with van der Waals surface area (Å²) < 4.78 is 0. The summed E-state index contributed by atoms with van der Waals surface area (Å²) in [6, 6.07) is 8.31. The van der Waals surface area contributed by atoms with Gasteiger partial charge >= 0.3 is 0 Å². The van der Waals surface area contributed by atoms with Crippen molar-refractivity contribution >= 4 is 0 Å². The van der Waals surface area contributed by atoms with Gasteiger partial charge in [0.05, 0.1) is 0 Å². The van der Waals surface area contributed by atoms with Crippen LogP contribution in [0, 0.1) is 11.8 Å². The monoisotopic (exact) mass is 289 g/mol. The van der Waals surface area contributed by atoms with Gasteiger partial charge in [0.25, 0.3) is 0 Å². The smallest absolute Gasteiger partial charge is 0.120 e. The van der Waals surface area contributed by atoms with Gasteiger partial charge in [-0.25, -0.2) is 0 Å². The lowest BCUT2D eigenvalue weighted by molar-refractivity contribution is 0.130. The molecule has 1 aromatic rings. The summed E-state index contributed by atoms with van der Waals surface area (Å²) in [6.07, 6.45) is 3.81. The maximum atomic E-state index is 9.95. The first kappa shape index (κ1) is 14.8. The van der Waals surface area contributed by atoms with E-state index in [1.165, 1.54) is 19.3 Å². The predicted molar refractivity (Wildman–Crippen MR) is 84.8 cm³/mol. The lowest BCUT2D eigenvalue weighted by Gasteiger charge is -2.37. The molecule has 2 heterocycles. The Hall–Kier alpha value is -1.10. The Bertz CT molecular complexity index is 465. The molecule has 0 amide bonds. The molecule has 0 saturated carbocycles. The molecular weight excluding hydrogens is 262 g/mol. The van der Waals surface area contributed by atoms with Gasteiger partial charge in [-0.05, 0) is 37.3 Å². The van der Waals surface area contributed by atoms with Crippen molar-refractivity contribution < 1.29 is 5.11 Å². The number of nitrogens with one attached hydrogen (secondary N) is 2. The number of aromatic hydroxyl groups is 1. The van der Waals surface area contributed by atoms with Crippen LogP contribution in [0.5, 0.6) is 5.75 Å². The highest BCUT2D eigenvalue weighted by Gasteiger charge is 2.34. The van der Waals surface area contributed by atoms with Crippen LogP contribution >= 0.6 is 0 Å². The van der Waals surface area contributed by atoms with E-state index >= 15 is 0 Å². The number of para-hydroxylation sites is 1. The lowest BCUT2D eigenvalue weighted by Crippen LogP contribution is -2.46. The minimum Gasteiger partial charge on any atom is -0.508 e. The van der Waals surface area contributed by atoms with Gasteiger partial charge in [-0.1, -0.05) is 31.5 Å². The second-order valence-corrected chi connectivity index (χ2v) is 6.49. The number of hydrogen-bond donors (Lipinski definition) is 3. The Balaban J connectivity index is 1.62. The van der Waals surface area contributed by atoms with E-state index in [1.54, 1.807) is 6.07 Å². The molecule has 4 heteroatoms. The Labute approximate surface area is 127 Å². The first-order valence-electron chi connectivity index (χ1n) is 8.25. The van der Waals surface area contributed by atoms with Gasteiger partial charge < -0.3 is 5.11 Å². The normalized spacial score (nSPS) is 30.6. The third-order valence-electron chi connectivity index (χ3n) is 5.10. The van der Waals surface area contributed by atoms with Crippen molar-refractivity contribution in [1.82, 2.24) is 15.8 Å². The number of benzene rings is 1. The van der Waals surface area contributed by atoms with Crippen LogP contribution in [-0.4, -0.2) is 35.7 Å². The molecular formula is C17H27N3O. The molecule has 3 unspecified atom stereocenters. The fraction of sp³-hybridized carbons (Fsp3) is 0.647. The number of phenolic OH excluding ortho intramolecular Hbond substituents is 1. The van der Waals surface area contributed by atoms with Crippen LogP contribution in [0.25, 0.3) is 0 Å². The molecule has 2 fully saturated rings. The molecule has 0 radical (unpaired) electrons. The molecule has 2 aliphatic heterocycles. The fourth-order valence-electron chi connectivity index (χ4n) is 3.87. The number of likely N-dealkylation sites (tertiary alicyclic amines) is 1. The number of piperidine rings is 1. The summed E-state index contributed by atoms with van der Waals surface area (Å²) in [5.41, 5.74) is 7.88. The van der Waals surface area contributed by atoms with Gasteiger partial charge in [0.15, 0.2) is 0 Å². The summed E-state index contributed by atoms with van der Waals surface area (Å²) in [5, 5.41) is 9.95. The maximum absolute atomic E-state index is 9.95. The van der Waals surface area contributed by atoms with E-state index in [4.69, 9.17) is 0 Å². The minimum atomic E-state index is 0.423. The van der Waals surface area contributed by atoms with Crippen molar-refractivity contribution in [2.45, 2.75) is 38.8 Å². The van der Waals surface area contributed by atoms with Crippen molar-refractivity contribution in [3.63, 3.8) is 0 Å². The van der Waals surface area contributed by atoms with Crippen LogP contribution in [-0.2, 0) is 6.54 Å². The van der Waals surface area contributed by atoms with Gasteiger partial charge in [0, 0.05) is 31.2 Å². The summed E-state index contributed by atoms with van der Waals surface area (Å²) in [4.78, 5) is 2.50. The highest BCUT2D eigenvalue weighted by Crippen LogP contribution is 2.28. The Kier molecular flexibility index (Phi) is 4.78. The minimum absolute atomic E-state index is 0.423. The second-order valence-electron chi connectivity index (χ2n) is 6.49. The Morgan fingerprint density at radius 2 is 2.19 bits per heavy atom. The molecule has 4 nitrogen and oxygen atoms in total. The molecule has 2 saturated heterocycles. The van der Waals surface area contributed by atoms with Gasteiger partial charge in [-0.3, -0.25) is 15.8 Å².